The van der Waals surface area contributed by atoms with E-state index in [1.807, 2.05) is 20.8 Å². The summed E-state index contributed by atoms with van der Waals surface area (Å²) in [7, 11) is 0. The van der Waals surface area contributed by atoms with E-state index in [0.29, 0.717) is 24.7 Å². The molecule has 3 fully saturated rings. The molecule has 0 radical (unpaired) electrons. The van der Waals surface area contributed by atoms with Crippen LogP contribution in [0.25, 0.3) is 0 Å². The van der Waals surface area contributed by atoms with E-state index < -0.39 is 11.6 Å². The first-order chi connectivity index (χ1) is 17.1. The Morgan fingerprint density at radius 1 is 0.861 bits per heavy atom. The lowest BCUT2D eigenvalue weighted by Crippen LogP contribution is -2.46. The number of aromatic nitrogens is 3. The van der Waals surface area contributed by atoms with Gasteiger partial charge in [0.2, 0.25) is 11.9 Å². The number of amides is 1. The summed E-state index contributed by atoms with van der Waals surface area (Å²) >= 11 is 0. The van der Waals surface area contributed by atoms with E-state index >= 15 is 0 Å². The first kappa shape index (κ1) is 26.4. The Balaban J connectivity index is 1.46. The van der Waals surface area contributed by atoms with Gasteiger partial charge in [-0.3, -0.25) is 4.79 Å². The molecule has 2 aliphatic heterocycles. The van der Waals surface area contributed by atoms with Crippen LogP contribution < -0.4 is 15.1 Å². The Morgan fingerprint density at radius 2 is 1.39 bits per heavy atom. The summed E-state index contributed by atoms with van der Waals surface area (Å²) in [5, 5.41) is 12.4. The van der Waals surface area contributed by atoms with E-state index in [-0.39, 0.29) is 24.0 Å². The minimum Gasteiger partial charge on any atom is -0.481 e. The van der Waals surface area contributed by atoms with E-state index in [2.05, 4.69) is 22.0 Å². The van der Waals surface area contributed by atoms with Gasteiger partial charge in [-0.05, 0) is 78.1 Å². The second-order valence-electron chi connectivity index (χ2n) is 11.8. The lowest BCUT2D eigenvalue weighted by atomic mass is 9.81. The number of aliphatic carboxylic acids is 1. The minimum atomic E-state index is -0.698. The van der Waals surface area contributed by atoms with Crippen LogP contribution in [0.2, 0.25) is 0 Å². The van der Waals surface area contributed by atoms with E-state index in [4.69, 9.17) is 19.7 Å². The number of carboxylic acid groups (broad SMARTS) is 1. The molecule has 2 N–H and O–H groups in total. The number of nitrogens with one attached hydrogen (secondary N) is 1. The van der Waals surface area contributed by atoms with Crippen LogP contribution in [0.5, 0.6) is 0 Å². The summed E-state index contributed by atoms with van der Waals surface area (Å²) < 4.78 is 5.41. The molecule has 2 saturated heterocycles. The third-order valence-electron chi connectivity index (χ3n) is 7.64. The van der Waals surface area contributed by atoms with Crippen LogP contribution in [-0.4, -0.2) is 69.9 Å². The van der Waals surface area contributed by atoms with Gasteiger partial charge in [0.1, 0.15) is 11.4 Å². The molecular weight excluding hydrogens is 460 g/mol. The van der Waals surface area contributed by atoms with Crippen molar-refractivity contribution in [2.45, 2.75) is 96.6 Å². The predicted octanol–water partition coefficient (Wildman–Crippen LogP) is 3.96. The van der Waals surface area contributed by atoms with Gasteiger partial charge in [-0.2, -0.15) is 15.0 Å². The highest BCUT2D eigenvalue weighted by Gasteiger charge is 2.31. The van der Waals surface area contributed by atoms with Crippen LogP contribution in [0.15, 0.2) is 0 Å². The molecule has 0 atom stereocenters. The van der Waals surface area contributed by atoms with Gasteiger partial charge in [0.15, 0.2) is 0 Å². The molecule has 0 spiro atoms. The second kappa shape index (κ2) is 11.2. The maximum atomic E-state index is 12.2. The third kappa shape index (κ3) is 6.97. The molecule has 200 valence electrons. The summed E-state index contributed by atoms with van der Waals surface area (Å²) in [6, 6.07) is 0.0618. The van der Waals surface area contributed by atoms with Crippen LogP contribution in [-0.2, 0) is 9.53 Å². The Morgan fingerprint density at radius 3 is 1.89 bits per heavy atom. The molecule has 10 heteroatoms. The molecule has 1 saturated carbocycles. The number of anilines is 2. The van der Waals surface area contributed by atoms with Gasteiger partial charge in [-0.1, -0.05) is 6.92 Å². The van der Waals surface area contributed by atoms with Gasteiger partial charge < -0.3 is 25.0 Å². The third-order valence-corrected chi connectivity index (χ3v) is 7.64. The average Bonchev–Trinajstić information content (AvgIpc) is 2.83. The van der Waals surface area contributed by atoms with Crippen molar-refractivity contribution in [3.8, 4) is 0 Å². The first-order valence-electron chi connectivity index (χ1n) is 13.6. The smallest absolute Gasteiger partial charge is 0.407 e. The highest BCUT2D eigenvalue weighted by atomic mass is 16.6. The molecule has 10 nitrogen and oxygen atoms in total. The van der Waals surface area contributed by atoms with Crippen molar-refractivity contribution >= 4 is 24.0 Å². The number of hydrogen-bond acceptors (Lipinski definition) is 8. The van der Waals surface area contributed by atoms with E-state index in [9.17, 15) is 14.7 Å². The Kier molecular flexibility index (Phi) is 8.20. The fourth-order valence-electron chi connectivity index (χ4n) is 5.34. The number of ether oxygens (including phenoxy) is 1. The van der Waals surface area contributed by atoms with Crippen molar-refractivity contribution in [1.29, 1.82) is 0 Å². The molecule has 1 amide bonds. The zero-order valence-electron chi connectivity index (χ0n) is 22.2. The molecule has 3 aliphatic rings. The summed E-state index contributed by atoms with van der Waals surface area (Å²) in [5.74, 6) is 2.16. The monoisotopic (exact) mass is 502 g/mol. The number of hydrogen-bond donors (Lipinski definition) is 2. The SMILES string of the molecule is CC1CCN(c2nc(C3CCC(C(=O)O)CC3)nc(N3CCC(NC(=O)OC(C)(C)C)CC3)n2)CC1. The molecule has 3 heterocycles. The van der Waals surface area contributed by atoms with Crippen molar-refractivity contribution in [3.05, 3.63) is 5.82 Å². The van der Waals surface area contributed by atoms with Gasteiger partial charge in [0.25, 0.3) is 0 Å². The molecule has 0 unspecified atom stereocenters. The average molecular weight is 503 g/mol. The standard InChI is InChI=1S/C26H42N6O4/c1-17-9-13-31(14-10-17)23-28-21(18-5-7-19(8-6-18)22(33)34)29-24(30-23)32-15-11-20(12-16-32)27-25(35)36-26(2,3)4/h17-20H,5-16H2,1-4H3,(H,27,35)(H,33,34). The minimum absolute atomic E-state index is 0.0618. The highest BCUT2D eigenvalue weighted by molar-refractivity contribution is 5.70. The number of piperidine rings is 2. The van der Waals surface area contributed by atoms with Crippen molar-refractivity contribution in [2.75, 3.05) is 36.0 Å². The fourth-order valence-corrected chi connectivity index (χ4v) is 5.34. The number of carbonyl (C=O) groups excluding carboxylic acids is 1. The number of rotatable bonds is 5. The van der Waals surface area contributed by atoms with Gasteiger partial charge in [0.05, 0.1) is 5.92 Å². The summed E-state index contributed by atoms with van der Waals surface area (Å²) in [5.41, 5.74) is -0.516. The van der Waals surface area contributed by atoms with Crippen LogP contribution in [0, 0.1) is 11.8 Å². The van der Waals surface area contributed by atoms with E-state index in [1.165, 1.54) is 0 Å². The Labute approximate surface area is 214 Å². The highest BCUT2D eigenvalue weighted by Crippen LogP contribution is 2.36. The molecule has 1 aliphatic carbocycles. The molecule has 1 aromatic heterocycles. The van der Waals surface area contributed by atoms with Crippen LogP contribution in [0.4, 0.5) is 16.7 Å². The van der Waals surface area contributed by atoms with Crippen molar-refractivity contribution in [2.24, 2.45) is 11.8 Å². The number of nitrogens with zero attached hydrogens (tertiary/aromatic N) is 5. The summed E-state index contributed by atoms with van der Waals surface area (Å²) in [4.78, 5) is 42.8. The predicted molar refractivity (Wildman–Crippen MR) is 137 cm³/mol. The van der Waals surface area contributed by atoms with Crippen LogP contribution >= 0.6 is 0 Å². The molecule has 4 rings (SSSR count). The number of alkyl carbamates (subject to hydrolysis) is 1. The zero-order valence-corrected chi connectivity index (χ0v) is 22.2. The largest absolute Gasteiger partial charge is 0.481 e. The molecule has 0 aromatic carbocycles. The van der Waals surface area contributed by atoms with Crippen molar-refractivity contribution < 1.29 is 19.4 Å². The molecule has 1 aromatic rings. The maximum Gasteiger partial charge on any atom is 0.407 e. The Hall–Kier alpha value is -2.65. The topological polar surface area (TPSA) is 121 Å². The second-order valence-corrected chi connectivity index (χ2v) is 11.8. The normalized spacial score (nSPS) is 24.4. The quantitative estimate of drug-likeness (QED) is 0.616. The lowest BCUT2D eigenvalue weighted by Gasteiger charge is -2.35. The van der Waals surface area contributed by atoms with Gasteiger partial charge in [-0.25, -0.2) is 4.79 Å². The van der Waals surface area contributed by atoms with Crippen molar-refractivity contribution in [1.82, 2.24) is 20.3 Å². The van der Waals surface area contributed by atoms with Crippen LogP contribution in [0.3, 0.4) is 0 Å². The lowest BCUT2D eigenvalue weighted by molar-refractivity contribution is -0.142. The summed E-state index contributed by atoms with van der Waals surface area (Å²) in [6.45, 7) is 11.2. The molecular formula is C26H42N6O4. The van der Waals surface area contributed by atoms with Gasteiger partial charge >= 0.3 is 12.1 Å². The maximum absolute atomic E-state index is 12.2. The first-order valence-corrected chi connectivity index (χ1v) is 13.6. The van der Waals surface area contributed by atoms with Gasteiger partial charge in [-0.15, -0.1) is 0 Å². The van der Waals surface area contributed by atoms with Gasteiger partial charge in [0, 0.05) is 38.1 Å². The fraction of sp³-hybridized carbons (Fsp3) is 0.808. The zero-order chi connectivity index (χ0) is 25.9. The molecule has 0 bridgehead atoms. The number of carboxylic acids is 1. The summed E-state index contributed by atoms with van der Waals surface area (Å²) in [6.07, 6.45) is 6.38. The van der Waals surface area contributed by atoms with E-state index in [1.54, 1.807) is 0 Å². The molecule has 36 heavy (non-hydrogen) atoms. The Bertz CT molecular complexity index is 911. The van der Waals surface area contributed by atoms with Crippen LogP contribution in [0.1, 0.15) is 90.8 Å². The van der Waals surface area contributed by atoms with Crippen molar-refractivity contribution in [3.63, 3.8) is 0 Å². The van der Waals surface area contributed by atoms with E-state index in [0.717, 1.165) is 76.5 Å². The number of carbonyl (C=O) groups is 2.